The van der Waals surface area contributed by atoms with Crippen LogP contribution >= 0.6 is 27.5 Å². The number of aldehydes is 1. The number of hydrogen-bond acceptors (Lipinski definition) is 3. The number of nitrogens with zero attached hydrogens (tertiary/aromatic N) is 2. The minimum atomic E-state index is 0.374. The van der Waals surface area contributed by atoms with Crippen molar-refractivity contribution in [3.05, 3.63) is 45.1 Å². The third-order valence-corrected chi connectivity index (χ3v) is 3.39. The summed E-state index contributed by atoms with van der Waals surface area (Å²) in [5.74, 6) is 0.518. The van der Waals surface area contributed by atoms with Crippen molar-refractivity contribution in [2.45, 2.75) is 6.92 Å². The van der Waals surface area contributed by atoms with E-state index < -0.39 is 0 Å². The van der Waals surface area contributed by atoms with Crippen LogP contribution in [0, 0.1) is 6.92 Å². The lowest BCUT2D eigenvalue weighted by Crippen LogP contribution is -1.96. The van der Waals surface area contributed by atoms with Gasteiger partial charge in [-0.3, -0.25) is 4.79 Å². The van der Waals surface area contributed by atoms with Crippen molar-refractivity contribution in [3.63, 3.8) is 0 Å². The van der Waals surface area contributed by atoms with E-state index in [9.17, 15) is 4.79 Å². The lowest BCUT2D eigenvalue weighted by Gasteiger charge is -2.04. The molecule has 0 N–H and O–H groups in total. The Balaban J connectivity index is 2.55. The van der Waals surface area contributed by atoms with Gasteiger partial charge in [0, 0.05) is 15.7 Å². The van der Waals surface area contributed by atoms with Crippen LogP contribution in [0.5, 0.6) is 0 Å². The molecule has 0 aliphatic heterocycles. The molecule has 86 valence electrons. The third-order valence-electron chi connectivity index (χ3n) is 2.17. The van der Waals surface area contributed by atoms with Gasteiger partial charge in [-0.1, -0.05) is 11.6 Å². The molecule has 1 heterocycles. The Kier molecular flexibility index (Phi) is 3.54. The number of aryl methyl sites for hydroxylation is 1. The molecule has 0 saturated heterocycles. The van der Waals surface area contributed by atoms with Crippen LogP contribution in [0.15, 0.2) is 28.7 Å². The van der Waals surface area contributed by atoms with Crippen LogP contribution in [-0.2, 0) is 0 Å². The van der Waals surface area contributed by atoms with E-state index in [4.69, 9.17) is 11.6 Å². The second-order valence-electron chi connectivity index (χ2n) is 3.50. The molecule has 0 unspecified atom stereocenters. The van der Waals surface area contributed by atoms with Gasteiger partial charge < -0.3 is 0 Å². The van der Waals surface area contributed by atoms with Crippen LogP contribution in [0.2, 0.25) is 5.02 Å². The second kappa shape index (κ2) is 4.94. The summed E-state index contributed by atoms with van der Waals surface area (Å²) in [6, 6.07) is 7.04. The fourth-order valence-corrected chi connectivity index (χ4v) is 1.91. The first-order valence-electron chi connectivity index (χ1n) is 4.86. The quantitative estimate of drug-likeness (QED) is 0.795. The fourth-order valence-electron chi connectivity index (χ4n) is 1.42. The first kappa shape index (κ1) is 12.2. The molecule has 2 rings (SSSR count). The summed E-state index contributed by atoms with van der Waals surface area (Å²) in [5.41, 5.74) is 1.94. The molecular formula is C12H8BrClN2O. The van der Waals surface area contributed by atoms with E-state index in [0.29, 0.717) is 22.8 Å². The van der Waals surface area contributed by atoms with E-state index in [1.165, 1.54) is 0 Å². The highest BCUT2D eigenvalue weighted by atomic mass is 79.9. The smallest absolute Gasteiger partial charge is 0.168 e. The second-order valence-corrected chi connectivity index (χ2v) is 4.77. The fraction of sp³-hybridized carbons (Fsp3) is 0.0833. The molecular weight excluding hydrogens is 304 g/mol. The maximum absolute atomic E-state index is 10.7. The monoisotopic (exact) mass is 310 g/mol. The van der Waals surface area contributed by atoms with E-state index in [1.54, 1.807) is 12.1 Å². The Labute approximate surface area is 112 Å². The normalized spacial score (nSPS) is 10.3. The summed E-state index contributed by atoms with van der Waals surface area (Å²) >= 11 is 9.25. The lowest BCUT2D eigenvalue weighted by atomic mass is 10.2. The zero-order chi connectivity index (χ0) is 12.4. The summed E-state index contributed by atoms with van der Waals surface area (Å²) in [7, 11) is 0. The van der Waals surface area contributed by atoms with Gasteiger partial charge in [-0.05, 0) is 47.1 Å². The van der Waals surface area contributed by atoms with Crippen LogP contribution in [0.3, 0.4) is 0 Å². The number of aromatic nitrogens is 2. The molecule has 2 aromatic rings. The molecule has 0 aliphatic carbocycles. The number of halogens is 2. The summed E-state index contributed by atoms with van der Waals surface area (Å²) < 4.78 is 0.773. The zero-order valence-electron chi connectivity index (χ0n) is 8.95. The Hall–Kier alpha value is -1.26. The summed E-state index contributed by atoms with van der Waals surface area (Å²) in [4.78, 5) is 19.2. The van der Waals surface area contributed by atoms with Gasteiger partial charge in [0.05, 0.1) is 5.02 Å². The van der Waals surface area contributed by atoms with Gasteiger partial charge in [0.15, 0.2) is 12.1 Å². The predicted molar refractivity (Wildman–Crippen MR) is 70.3 cm³/mol. The molecule has 0 bridgehead atoms. The van der Waals surface area contributed by atoms with Gasteiger partial charge in [-0.2, -0.15) is 0 Å². The molecule has 17 heavy (non-hydrogen) atoms. The minimum Gasteiger partial charge on any atom is -0.296 e. The maximum Gasteiger partial charge on any atom is 0.168 e. The van der Waals surface area contributed by atoms with Gasteiger partial charge in [-0.15, -0.1) is 0 Å². The van der Waals surface area contributed by atoms with Crippen molar-refractivity contribution in [1.82, 2.24) is 9.97 Å². The number of carbonyl (C=O) groups is 1. The van der Waals surface area contributed by atoms with Crippen molar-refractivity contribution in [1.29, 1.82) is 0 Å². The van der Waals surface area contributed by atoms with Gasteiger partial charge in [0.2, 0.25) is 0 Å². The third kappa shape index (κ3) is 2.70. The van der Waals surface area contributed by atoms with Gasteiger partial charge >= 0.3 is 0 Å². The molecule has 5 heteroatoms. The maximum atomic E-state index is 10.7. The average Bonchev–Trinajstić information content (AvgIpc) is 2.32. The van der Waals surface area contributed by atoms with E-state index >= 15 is 0 Å². The molecule has 0 atom stereocenters. The van der Waals surface area contributed by atoms with Gasteiger partial charge in [-0.25, -0.2) is 9.97 Å². The molecule has 0 amide bonds. The van der Waals surface area contributed by atoms with Gasteiger partial charge in [0.1, 0.15) is 5.69 Å². The number of hydrogen-bond donors (Lipinski definition) is 0. The topological polar surface area (TPSA) is 42.9 Å². The first-order valence-corrected chi connectivity index (χ1v) is 6.03. The van der Waals surface area contributed by atoms with Crippen molar-refractivity contribution in [2.75, 3.05) is 0 Å². The van der Waals surface area contributed by atoms with Crippen molar-refractivity contribution in [2.24, 2.45) is 0 Å². The summed E-state index contributed by atoms with van der Waals surface area (Å²) in [6.45, 7) is 1.82. The Morgan fingerprint density at radius 3 is 2.71 bits per heavy atom. The predicted octanol–water partition coefficient (Wildman–Crippen LogP) is 3.68. The SMILES string of the molecule is Cc1cc(C=O)nc(-c2ccc(Cl)c(Br)c2)n1. The van der Waals surface area contributed by atoms with Gasteiger partial charge in [0.25, 0.3) is 0 Å². The Morgan fingerprint density at radius 1 is 1.29 bits per heavy atom. The number of carbonyl (C=O) groups excluding carboxylic acids is 1. The van der Waals surface area contributed by atoms with E-state index in [2.05, 4.69) is 25.9 Å². The van der Waals surface area contributed by atoms with Crippen LogP contribution in [0.25, 0.3) is 11.4 Å². The van der Waals surface area contributed by atoms with E-state index in [0.717, 1.165) is 15.7 Å². The van der Waals surface area contributed by atoms with Crippen LogP contribution in [0.1, 0.15) is 16.2 Å². The number of rotatable bonds is 2. The van der Waals surface area contributed by atoms with Crippen LogP contribution in [0.4, 0.5) is 0 Å². The highest BCUT2D eigenvalue weighted by Gasteiger charge is 2.06. The molecule has 1 aromatic heterocycles. The first-order chi connectivity index (χ1) is 8.10. The summed E-state index contributed by atoms with van der Waals surface area (Å²) in [5, 5.41) is 0.622. The summed E-state index contributed by atoms with van der Waals surface area (Å²) in [6.07, 6.45) is 0.711. The highest BCUT2D eigenvalue weighted by molar-refractivity contribution is 9.10. The van der Waals surface area contributed by atoms with Crippen molar-refractivity contribution >= 4 is 33.8 Å². The van der Waals surface area contributed by atoms with Crippen molar-refractivity contribution in [3.8, 4) is 11.4 Å². The molecule has 3 nitrogen and oxygen atoms in total. The molecule has 0 aliphatic rings. The largest absolute Gasteiger partial charge is 0.296 e. The standard InChI is InChI=1S/C12H8BrClN2O/c1-7-4-9(6-17)16-12(15-7)8-2-3-11(14)10(13)5-8/h2-6H,1H3. The number of benzene rings is 1. The van der Waals surface area contributed by atoms with E-state index in [-0.39, 0.29) is 0 Å². The Morgan fingerprint density at radius 2 is 2.06 bits per heavy atom. The van der Waals surface area contributed by atoms with Crippen molar-refractivity contribution < 1.29 is 4.79 Å². The Bertz CT molecular complexity index is 587. The molecule has 0 fully saturated rings. The molecule has 0 saturated carbocycles. The highest BCUT2D eigenvalue weighted by Crippen LogP contribution is 2.27. The van der Waals surface area contributed by atoms with Crippen LogP contribution in [-0.4, -0.2) is 16.3 Å². The minimum absolute atomic E-state index is 0.374. The molecule has 0 spiro atoms. The lowest BCUT2D eigenvalue weighted by molar-refractivity contribution is 0.111. The zero-order valence-corrected chi connectivity index (χ0v) is 11.3. The average molecular weight is 312 g/mol. The molecule has 0 radical (unpaired) electrons. The van der Waals surface area contributed by atoms with Crippen LogP contribution < -0.4 is 0 Å². The molecule has 1 aromatic carbocycles. The van der Waals surface area contributed by atoms with E-state index in [1.807, 2.05) is 19.1 Å².